The minimum absolute atomic E-state index is 0.136. The Kier molecular flexibility index (Phi) is 4.24. The van der Waals surface area contributed by atoms with Gasteiger partial charge < -0.3 is 18.5 Å². The molecule has 0 amide bonds. The van der Waals surface area contributed by atoms with Crippen LogP contribution in [0, 0.1) is 6.92 Å². The first kappa shape index (κ1) is 18.0. The van der Waals surface area contributed by atoms with Gasteiger partial charge >= 0.3 is 11.1 Å². The van der Waals surface area contributed by atoms with Crippen LogP contribution in [0.2, 0.25) is 0 Å². The van der Waals surface area contributed by atoms with Gasteiger partial charge in [0, 0.05) is 24.0 Å². The Balaban J connectivity index is 1.47. The molecule has 0 saturated heterocycles. The van der Waals surface area contributed by atoms with Gasteiger partial charge in [0.2, 0.25) is 12.7 Å². The molecule has 0 radical (unpaired) electrons. The summed E-state index contributed by atoms with van der Waals surface area (Å²) in [6, 6.07) is 14.6. The fourth-order valence-electron chi connectivity index (χ4n) is 3.31. The van der Waals surface area contributed by atoms with Crippen molar-refractivity contribution in [2.75, 3.05) is 6.79 Å². The third-order valence-corrected chi connectivity index (χ3v) is 4.93. The van der Waals surface area contributed by atoms with Crippen molar-refractivity contribution in [2.24, 2.45) is 0 Å². The molecule has 0 unspecified atom stereocenters. The summed E-state index contributed by atoms with van der Waals surface area (Å²) < 4.78 is 19.0. The van der Waals surface area contributed by atoms with Crippen molar-refractivity contribution in [3.8, 4) is 28.6 Å². The molecule has 0 saturated carbocycles. The molecule has 1 aliphatic heterocycles. The largest absolute Gasteiger partial charge is 0.454 e. The Morgan fingerprint density at radius 2 is 1.77 bits per heavy atom. The molecule has 2 aromatic carbocycles. The number of fused-ring (bicyclic) bond motifs is 1. The molecule has 0 spiro atoms. The summed E-state index contributed by atoms with van der Waals surface area (Å²) in [7, 11) is 0. The van der Waals surface area contributed by atoms with Gasteiger partial charge in [0.1, 0.15) is 11.5 Å². The van der Waals surface area contributed by atoms with Crippen molar-refractivity contribution < 1.29 is 13.9 Å². The van der Waals surface area contributed by atoms with Gasteiger partial charge in [-0.3, -0.25) is 14.2 Å². The van der Waals surface area contributed by atoms with Gasteiger partial charge in [-0.25, -0.2) is 4.98 Å². The van der Waals surface area contributed by atoms with Gasteiger partial charge in [0.25, 0.3) is 0 Å². The van der Waals surface area contributed by atoms with Crippen LogP contribution in [0.4, 0.5) is 0 Å². The van der Waals surface area contributed by atoms with E-state index in [1.54, 1.807) is 37.5 Å². The number of aryl methyl sites for hydroxylation is 1. The summed E-state index contributed by atoms with van der Waals surface area (Å²) in [6.07, 6.45) is 3.11. The Morgan fingerprint density at radius 1 is 0.967 bits per heavy atom. The monoisotopic (exact) mass is 403 g/mol. The SMILES string of the molecule is Cc1oc(-c2ccccc2)nc1Cn1ccn(-c2ccc3c(c2)OCO3)c(=O)c1=O. The minimum Gasteiger partial charge on any atom is -0.454 e. The molecule has 0 atom stereocenters. The topological polar surface area (TPSA) is 88.5 Å². The summed E-state index contributed by atoms with van der Waals surface area (Å²) in [4.78, 5) is 29.9. The molecule has 1 aliphatic rings. The van der Waals surface area contributed by atoms with Gasteiger partial charge in [0.05, 0.1) is 12.2 Å². The lowest BCUT2D eigenvalue weighted by atomic mass is 10.2. The van der Waals surface area contributed by atoms with Gasteiger partial charge in [-0.1, -0.05) is 18.2 Å². The number of nitrogens with zero attached hydrogens (tertiary/aromatic N) is 3. The van der Waals surface area contributed by atoms with E-state index in [4.69, 9.17) is 13.9 Å². The highest BCUT2D eigenvalue weighted by atomic mass is 16.7. The van der Waals surface area contributed by atoms with Crippen LogP contribution in [0.3, 0.4) is 0 Å². The molecular weight excluding hydrogens is 386 g/mol. The summed E-state index contributed by atoms with van der Waals surface area (Å²) in [6.45, 7) is 2.06. The zero-order valence-electron chi connectivity index (χ0n) is 16.1. The molecule has 5 rings (SSSR count). The van der Waals surface area contributed by atoms with Crippen molar-refractivity contribution in [3.05, 3.63) is 93.1 Å². The van der Waals surface area contributed by atoms with Gasteiger partial charge in [-0.2, -0.15) is 0 Å². The minimum atomic E-state index is -0.666. The number of ether oxygens (including phenoxy) is 2. The van der Waals surface area contributed by atoms with Crippen LogP contribution in [-0.4, -0.2) is 20.9 Å². The van der Waals surface area contributed by atoms with Crippen molar-refractivity contribution in [3.63, 3.8) is 0 Å². The second kappa shape index (κ2) is 7.07. The van der Waals surface area contributed by atoms with Crippen LogP contribution in [0.5, 0.6) is 11.5 Å². The molecule has 3 heterocycles. The molecule has 0 N–H and O–H groups in total. The van der Waals surface area contributed by atoms with E-state index in [0.29, 0.717) is 34.5 Å². The summed E-state index contributed by atoms with van der Waals surface area (Å²) in [5.41, 5.74) is 0.644. The fraction of sp³-hybridized carbons (Fsp3) is 0.136. The Bertz CT molecular complexity index is 1350. The lowest BCUT2D eigenvalue weighted by Gasteiger charge is -2.09. The maximum absolute atomic E-state index is 12.7. The zero-order chi connectivity index (χ0) is 20.7. The van der Waals surface area contributed by atoms with E-state index in [1.807, 2.05) is 30.3 Å². The number of oxazole rings is 1. The summed E-state index contributed by atoms with van der Waals surface area (Å²) >= 11 is 0. The molecule has 8 nitrogen and oxygen atoms in total. The van der Waals surface area contributed by atoms with Crippen LogP contribution in [0.25, 0.3) is 17.1 Å². The van der Waals surface area contributed by atoms with E-state index >= 15 is 0 Å². The van der Waals surface area contributed by atoms with Crippen molar-refractivity contribution in [1.29, 1.82) is 0 Å². The van der Waals surface area contributed by atoms with Crippen molar-refractivity contribution in [1.82, 2.24) is 14.1 Å². The van der Waals surface area contributed by atoms with E-state index in [2.05, 4.69) is 4.98 Å². The third kappa shape index (κ3) is 3.08. The highest BCUT2D eigenvalue weighted by Gasteiger charge is 2.17. The van der Waals surface area contributed by atoms with E-state index in [1.165, 1.54) is 9.13 Å². The first-order valence-corrected chi connectivity index (χ1v) is 9.34. The van der Waals surface area contributed by atoms with Gasteiger partial charge in [0.15, 0.2) is 11.5 Å². The maximum atomic E-state index is 12.7. The molecule has 4 aromatic rings. The summed E-state index contributed by atoms with van der Waals surface area (Å²) in [5.74, 6) is 2.22. The Labute approximate surface area is 170 Å². The first-order chi connectivity index (χ1) is 14.6. The maximum Gasteiger partial charge on any atom is 0.320 e. The van der Waals surface area contributed by atoms with Crippen LogP contribution in [0.1, 0.15) is 11.5 Å². The number of hydrogen-bond acceptors (Lipinski definition) is 6. The van der Waals surface area contributed by atoms with Gasteiger partial charge in [-0.15, -0.1) is 0 Å². The van der Waals surface area contributed by atoms with E-state index in [0.717, 1.165) is 5.56 Å². The molecule has 0 bridgehead atoms. The molecular formula is C22H17N3O5. The predicted octanol–water partition coefficient (Wildman–Crippen LogP) is 2.74. The number of aromatic nitrogens is 3. The third-order valence-electron chi connectivity index (χ3n) is 4.93. The average molecular weight is 403 g/mol. The first-order valence-electron chi connectivity index (χ1n) is 9.34. The quantitative estimate of drug-likeness (QED) is 0.487. The Hall–Kier alpha value is -4.07. The standard InChI is InChI=1S/C22H17N3O5/c1-14-17(23-20(30-14)15-5-3-2-4-6-15)12-24-9-10-25(22(27)21(24)26)16-7-8-18-19(11-16)29-13-28-18/h2-11H,12-13H2,1H3. The van der Waals surface area contributed by atoms with Crippen molar-refractivity contribution >= 4 is 0 Å². The second-order valence-corrected chi connectivity index (χ2v) is 6.83. The van der Waals surface area contributed by atoms with E-state index < -0.39 is 11.1 Å². The lowest BCUT2D eigenvalue weighted by Crippen LogP contribution is -2.40. The number of benzene rings is 2. The normalized spacial score (nSPS) is 12.3. The fourth-order valence-corrected chi connectivity index (χ4v) is 3.31. The smallest absolute Gasteiger partial charge is 0.320 e. The molecule has 150 valence electrons. The molecule has 2 aromatic heterocycles. The molecule has 0 fully saturated rings. The van der Waals surface area contributed by atoms with Crippen molar-refractivity contribution in [2.45, 2.75) is 13.5 Å². The van der Waals surface area contributed by atoms with E-state index in [-0.39, 0.29) is 13.3 Å². The highest BCUT2D eigenvalue weighted by Crippen LogP contribution is 2.33. The van der Waals surface area contributed by atoms with Crippen LogP contribution in [0.15, 0.2) is 74.9 Å². The molecule has 0 aliphatic carbocycles. The molecule has 8 heteroatoms. The highest BCUT2D eigenvalue weighted by molar-refractivity contribution is 5.53. The van der Waals surface area contributed by atoms with Crippen LogP contribution >= 0.6 is 0 Å². The Morgan fingerprint density at radius 3 is 2.60 bits per heavy atom. The second-order valence-electron chi connectivity index (χ2n) is 6.83. The van der Waals surface area contributed by atoms with E-state index in [9.17, 15) is 9.59 Å². The molecule has 30 heavy (non-hydrogen) atoms. The predicted molar refractivity (Wildman–Crippen MR) is 108 cm³/mol. The number of rotatable bonds is 4. The number of hydrogen-bond donors (Lipinski definition) is 0. The lowest BCUT2D eigenvalue weighted by molar-refractivity contribution is 0.174. The average Bonchev–Trinajstić information content (AvgIpc) is 3.38. The van der Waals surface area contributed by atoms with Crippen LogP contribution < -0.4 is 20.6 Å². The summed E-state index contributed by atoms with van der Waals surface area (Å²) in [5, 5.41) is 0. The zero-order valence-corrected chi connectivity index (χ0v) is 16.1. The van der Waals surface area contributed by atoms with Crippen LogP contribution in [-0.2, 0) is 6.54 Å². The van der Waals surface area contributed by atoms with Gasteiger partial charge in [-0.05, 0) is 31.2 Å².